The lowest BCUT2D eigenvalue weighted by atomic mass is 9.99. The molecule has 2 heterocycles. The third-order valence-electron chi connectivity index (χ3n) is 2.50. The van der Waals surface area contributed by atoms with Crippen LogP contribution in [-0.4, -0.2) is 23.2 Å². The highest BCUT2D eigenvalue weighted by atomic mass is 16.5. The van der Waals surface area contributed by atoms with Crippen molar-refractivity contribution in [1.29, 1.82) is 0 Å². The molecule has 1 aromatic heterocycles. The monoisotopic (exact) mass is 194 g/mol. The number of nitrogens with zero attached hydrogens (tertiary/aromatic N) is 1. The van der Waals surface area contributed by atoms with Gasteiger partial charge in [-0.15, -0.1) is 0 Å². The van der Waals surface area contributed by atoms with Crippen molar-refractivity contribution in [1.82, 2.24) is 9.97 Å². The summed E-state index contributed by atoms with van der Waals surface area (Å²) in [7, 11) is 0. The Balaban J connectivity index is 2.26. The van der Waals surface area contributed by atoms with E-state index in [9.17, 15) is 4.79 Å². The number of aromatic amines is 1. The van der Waals surface area contributed by atoms with Crippen LogP contribution in [0.2, 0.25) is 0 Å². The molecular weight excluding hydrogens is 180 g/mol. The van der Waals surface area contributed by atoms with Crippen LogP contribution in [0.1, 0.15) is 30.3 Å². The summed E-state index contributed by atoms with van der Waals surface area (Å²) in [5.41, 5.74) is 0.731. The number of nitrogens with one attached hydrogen (secondary N) is 1. The largest absolute Gasteiger partial charge is 0.381 e. The van der Waals surface area contributed by atoms with Crippen LogP contribution in [0.25, 0.3) is 0 Å². The second kappa shape index (κ2) is 3.92. The maximum atomic E-state index is 11.2. The molecule has 1 aliphatic rings. The second-order valence-electron chi connectivity index (χ2n) is 3.66. The number of aromatic nitrogens is 2. The molecule has 0 saturated carbocycles. The average molecular weight is 194 g/mol. The van der Waals surface area contributed by atoms with Crippen LogP contribution in [0.4, 0.5) is 0 Å². The molecule has 0 unspecified atom stereocenters. The van der Waals surface area contributed by atoms with Gasteiger partial charge in [-0.3, -0.25) is 4.79 Å². The highest BCUT2D eigenvalue weighted by Crippen LogP contribution is 2.22. The van der Waals surface area contributed by atoms with Crippen LogP contribution < -0.4 is 5.56 Å². The fraction of sp³-hybridized carbons (Fsp3) is 0.600. The van der Waals surface area contributed by atoms with Gasteiger partial charge >= 0.3 is 0 Å². The van der Waals surface area contributed by atoms with Crippen LogP contribution in [0, 0.1) is 6.92 Å². The Bertz CT molecular complexity index is 367. The van der Waals surface area contributed by atoms with E-state index in [-0.39, 0.29) is 5.56 Å². The van der Waals surface area contributed by atoms with Gasteiger partial charge in [0, 0.05) is 30.9 Å². The summed E-state index contributed by atoms with van der Waals surface area (Å²) in [6, 6.07) is 1.52. The number of hydrogen-bond acceptors (Lipinski definition) is 3. The van der Waals surface area contributed by atoms with Gasteiger partial charge < -0.3 is 9.72 Å². The van der Waals surface area contributed by atoms with Crippen molar-refractivity contribution >= 4 is 0 Å². The lowest BCUT2D eigenvalue weighted by molar-refractivity contribution is 0.0835. The summed E-state index contributed by atoms with van der Waals surface area (Å²) in [5, 5.41) is 0. The molecule has 76 valence electrons. The summed E-state index contributed by atoms with van der Waals surface area (Å²) in [5.74, 6) is 1.18. The average Bonchev–Trinajstić information content (AvgIpc) is 2.18. The fourth-order valence-electron chi connectivity index (χ4n) is 1.77. The molecule has 0 aromatic carbocycles. The summed E-state index contributed by atoms with van der Waals surface area (Å²) < 4.78 is 5.26. The molecule has 14 heavy (non-hydrogen) atoms. The van der Waals surface area contributed by atoms with Crippen molar-refractivity contribution in [3.8, 4) is 0 Å². The predicted molar refractivity (Wildman–Crippen MR) is 52.4 cm³/mol. The van der Waals surface area contributed by atoms with E-state index >= 15 is 0 Å². The van der Waals surface area contributed by atoms with Gasteiger partial charge in [-0.05, 0) is 19.8 Å². The summed E-state index contributed by atoms with van der Waals surface area (Å²) in [4.78, 5) is 18.4. The number of aryl methyl sites for hydroxylation is 1. The molecule has 1 aromatic rings. The zero-order valence-corrected chi connectivity index (χ0v) is 8.25. The van der Waals surface area contributed by atoms with Crippen molar-refractivity contribution in [3.63, 3.8) is 0 Å². The first kappa shape index (κ1) is 9.40. The molecule has 4 nitrogen and oxygen atoms in total. The third-order valence-corrected chi connectivity index (χ3v) is 2.50. The highest BCUT2D eigenvalue weighted by Gasteiger charge is 2.18. The lowest BCUT2D eigenvalue weighted by Crippen LogP contribution is -2.20. The van der Waals surface area contributed by atoms with Crippen LogP contribution in [0.15, 0.2) is 10.9 Å². The van der Waals surface area contributed by atoms with Crippen LogP contribution >= 0.6 is 0 Å². The van der Waals surface area contributed by atoms with Gasteiger partial charge in [0.1, 0.15) is 5.82 Å². The molecular formula is C10H14N2O2. The van der Waals surface area contributed by atoms with Crippen LogP contribution in [0.3, 0.4) is 0 Å². The molecule has 1 fully saturated rings. The lowest BCUT2D eigenvalue weighted by Gasteiger charge is -2.21. The molecule has 2 rings (SSSR count). The van der Waals surface area contributed by atoms with Crippen molar-refractivity contribution < 1.29 is 4.74 Å². The van der Waals surface area contributed by atoms with E-state index in [4.69, 9.17) is 4.74 Å². The normalized spacial score (nSPS) is 18.4. The first-order chi connectivity index (χ1) is 6.75. The predicted octanol–water partition coefficient (Wildman–Crippen LogP) is 0.972. The first-order valence-corrected chi connectivity index (χ1v) is 4.91. The standard InChI is InChI=1S/C10H14N2O2/c1-7-6-9(13)12-10(11-7)8-2-4-14-5-3-8/h6,8H,2-5H2,1H3,(H,11,12,13). The Morgan fingerprint density at radius 3 is 2.86 bits per heavy atom. The highest BCUT2D eigenvalue weighted by molar-refractivity contribution is 5.04. The molecule has 0 atom stereocenters. The zero-order chi connectivity index (χ0) is 9.97. The third kappa shape index (κ3) is 2.01. The van der Waals surface area contributed by atoms with Gasteiger partial charge in [0.25, 0.3) is 5.56 Å². The Labute approximate surface area is 82.3 Å². The fourth-order valence-corrected chi connectivity index (χ4v) is 1.77. The van der Waals surface area contributed by atoms with Gasteiger partial charge in [0.2, 0.25) is 0 Å². The number of H-pyrrole nitrogens is 1. The SMILES string of the molecule is Cc1cc(=O)[nH]c(C2CCOCC2)n1. The Hall–Kier alpha value is -1.16. The molecule has 0 aliphatic carbocycles. The molecule has 0 amide bonds. The number of hydrogen-bond donors (Lipinski definition) is 1. The van der Waals surface area contributed by atoms with E-state index in [1.54, 1.807) is 0 Å². The number of ether oxygens (including phenoxy) is 1. The van der Waals surface area contributed by atoms with Gasteiger partial charge in [-0.25, -0.2) is 4.98 Å². The second-order valence-corrected chi connectivity index (χ2v) is 3.66. The van der Waals surface area contributed by atoms with Crippen LogP contribution in [0.5, 0.6) is 0 Å². The van der Waals surface area contributed by atoms with E-state index < -0.39 is 0 Å². The molecule has 1 N–H and O–H groups in total. The quantitative estimate of drug-likeness (QED) is 0.724. The van der Waals surface area contributed by atoms with E-state index in [1.807, 2.05) is 6.92 Å². The first-order valence-electron chi connectivity index (χ1n) is 4.91. The van der Waals surface area contributed by atoms with E-state index in [2.05, 4.69) is 9.97 Å². The molecule has 4 heteroatoms. The van der Waals surface area contributed by atoms with Gasteiger partial charge in [-0.2, -0.15) is 0 Å². The van der Waals surface area contributed by atoms with Crippen LogP contribution in [-0.2, 0) is 4.74 Å². The maximum Gasteiger partial charge on any atom is 0.251 e. The number of rotatable bonds is 1. The van der Waals surface area contributed by atoms with Crippen molar-refractivity contribution in [2.24, 2.45) is 0 Å². The summed E-state index contributed by atoms with van der Waals surface area (Å²) >= 11 is 0. The van der Waals surface area contributed by atoms with E-state index in [0.29, 0.717) is 5.92 Å². The Morgan fingerprint density at radius 2 is 2.21 bits per heavy atom. The smallest absolute Gasteiger partial charge is 0.251 e. The van der Waals surface area contributed by atoms with E-state index in [1.165, 1.54) is 6.07 Å². The molecule has 0 spiro atoms. The molecule has 1 aliphatic heterocycles. The van der Waals surface area contributed by atoms with Crippen molar-refractivity contribution in [3.05, 3.63) is 27.9 Å². The molecule has 1 saturated heterocycles. The van der Waals surface area contributed by atoms with Crippen molar-refractivity contribution in [2.45, 2.75) is 25.7 Å². The topological polar surface area (TPSA) is 55.0 Å². The molecule has 0 radical (unpaired) electrons. The zero-order valence-electron chi connectivity index (χ0n) is 8.25. The van der Waals surface area contributed by atoms with E-state index in [0.717, 1.165) is 37.6 Å². The van der Waals surface area contributed by atoms with Gasteiger partial charge in [0.05, 0.1) is 0 Å². The minimum absolute atomic E-state index is 0.0565. The summed E-state index contributed by atoms with van der Waals surface area (Å²) in [6.45, 7) is 3.38. The maximum absolute atomic E-state index is 11.2. The molecule has 0 bridgehead atoms. The van der Waals surface area contributed by atoms with Crippen molar-refractivity contribution in [2.75, 3.05) is 13.2 Å². The minimum atomic E-state index is -0.0565. The Kier molecular flexibility index (Phi) is 2.63. The summed E-state index contributed by atoms with van der Waals surface area (Å²) in [6.07, 6.45) is 1.90. The minimum Gasteiger partial charge on any atom is -0.381 e. The van der Waals surface area contributed by atoms with Gasteiger partial charge in [0.15, 0.2) is 0 Å². The van der Waals surface area contributed by atoms with Gasteiger partial charge in [-0.1, -0.05) is 0 Å². The Morgan fingerprint density at radius 1 is 1.50 bits per heavy atom.